The lowest BCUT2D eigenvalue weighted by atomic mass is 9.98. The molecular formula is C16H15N2+. The Bertz CT molecular complexity index is 717. The minimum Gasteiger partial charge on any atom is -0.0865 e. The number of benzene rings is 2. The molecule has 1 heterocycles. The summed E-state index contributed by atoms with van der Waals surface area (Å²) in [6.07, 6.45) is 1.81. The Balaban J connectivity index is 2.31. The average molecular weight is 235 g/mol. The minimum absolute atomic E-state index is 1.14. The third-order valence-electron chi connectivity index (χ3n) is 3.40. The first-order chi connectivity index (χ1) is 8.77. The number of rotatable bonds is 1. The zero-order valence-corrected chi connectivity index (χ0v) is 10.6. The number of nitrogens with zero attached hydrogens (tertiary/aromatic N) is 2. The summed E-state index contributed by atoms with van der Waals surface area (Å²) in [5.41, 5.74) is 3.68. The fourth-order valence-corrected chi connectivity index (χ4v) is 2.41. The van der Waals surface area contributed by atoms with Gasteiger partial charge in [-0.1, -0.05) is 35.0 Å². The van der Waals surface area contributed by atoms with E-state index < -0.39 is 0 Å². The Morgan fingerprint density at radius 2 is 1.78 bits per heavy atom. The first-order valence-corrected chi connectivity index (χ1v) is 6.07. The Labute approximate surface area is 107 Å². The van der Waals surface area contributed by atoms with Crippen molar-refractivity contribution in [3.63, 3.8) is 0 Å². The Morgan fingerprint density at radius 1 is 0.944 bits per heavy atom. The quantitative estimate of drug-likeness (QED) is 0.592. The lowest BCUT2D eigenvalue weighted by Crippen LogP contribution is -2.35. The van der Waals surface area contributed by atoms with Crippen LogP contribution in [-0.4, -0.2) is 5.10 Å². The molecule has 0 aliphatic carbocycles. The molecule has 0 fully saturated rings. The van der Waals surface area contributed by atoms with Crippen molar-refractivity contribution in [1.82, 2.24) is 5.10 Å². The largest absolute Gasteiger partial charge is 0.239 e. The number of hydrogen-bond acceptors (Lipinski definition) is 1. The number of aryl methyl sites for hydroxylation is 2. The third kappa shape index (κ3) is 1.66. The van der Waals surface area contributed by atoms with Crippen LogP contribution in [0.3, 0.4) is 0 Å². The summed E-state index contributed by atoms with van der Waals surface area (Å²) in [5.74, 6) is 0. The maximum Gasteiger partial charge on any atom is 0.239 e. The van der Waals surface area contributed by atoms with Gasteiger partial charge in [-0.2, -0.15) is 0 Å². The summed E-state index contributed by atoms with van der Waals surface area (Å²) in [6.45, 7) is 2.17. The molecule has 3 aromatic rings. The van der Waals surface area contributed by atoms with Crippen molar-refractivity contribution in [2.75, 3.05) is 0 Å². The highest BCUT2D eigenvalue weighted by Gasteiger charge is 2.13. The molecule has 88 valence electrons. The molecule has 3 rings (SSSR count). The summed E-state index contributed by atoms with van der Waals surface area (Å²) < 4.78 is 1.91. The van der Waals surface area contributed by atoms with Gasteiger partial charge in [0.25, 0.3) is 0 Å². The van der Waals surface area contributed by atoms with Crippen LogP contribution in [0.2, 0.25) is 0 Å². The molecule has 0 radical (unpaired) electrons. The highest BCUT2D eigenvalue weighted by molar-refractivity contribution is 5.90. The van der Waals surface area contributed by atoms with Crippen LogP contribution in [0.5, 0.6) is 0 Å². The Morgan fingerprint density at radius 3 is 2.61 bits per heavy atom. The fourth-order valence-electron chi connectivity index (χ4n) is 2.41. The van der Waals surface area contributed by atoms with Gasteiger partial charge in [0.15, 0.2) is 7.05 Å². The molecule has 0 bridgehead atoms. The van der Waals surface area contributed by atoms with Gasteiger partial charge in [-0.3, -0.25) is 0 Å². The van der Waals surface area contributed by atoms with Gasteiger partial charge in [0.05, 0.1) is 11.8 Å². The summed E-state index contributed by atoms with van der Waals surface area (Å²) >= 11 is 0. The molecule has 0 unspecified atom stereocenters. The predicted molar refractivity (Wildman–Crippen MR) is 73.1 cm³/mol. The average Bonchev–Trinajstić information content (AvgIpc) is 2.41. The molecule has 0 spiro atoms. The van der Waals surface area contributed by atoms with E-state index in [2.05, 4.69) is 54.5 Å². The molecule has 0 aliphatic rings. The number of aromatic nitrogens is 2. The standard InChI is InChI=1S/C16H15N2/c1-12-14-7-4-3-6-13(14)9-10-15(12)16-8-5-11-17-18(16)2/h3-11H,1-2H3/q+1. The maximum atomic E-state index is 4.29. The highest BCUT2D eigenvalue weighted by Crippen LogP contribution is 2.27. The van der Waals surface area contributed by atoms with E-state index in [1.165, 1.54) is 21.9 Å². The predicted octanol–water partition coefficient (Wildman–Crippen LogP) is 3.03. The summed E-state index contributed by atoms with van der Waals surface area (Å²) in [4.78, 5) is 0. The van der Waals surface area contributed by atoms with Crippen molar-refractivity contribution in [3.8, 4) is 11.3 Å². The summed E-state index contributed by atoms with van der Waals surface area (Å²) in [5, 5.41) is 6.88. The minimum atomic E-state index is 1.14. The van der Waals surface area contributed by atoms with Gasteiger partial charge in [0, 0.05) is 6.07 Å². The zero-order valence-electron chi connectivity index (χ0n) is 10.6. The van der Waals surface area contributed by atoms with E-state index >= 15 is 0 Å². The number of fused-ring (bicyclic) bond motifs is 1. The van der Waals surface area contributed by atoms with Gasteiger partial charge in [-0.15, -0.1) is 0 Å². The van der Waals surface area contributed by atoms with Crippen molar-refractivity contribution in [1.29, 1.82) is 0 Å². The lowest BCUT2D eigenvalue weighted by Gasteiger charge is -2.07. The van der Waals surface area contributed by atoms with E-state index in [0.717, 1.165) is 5.69 Å². The van der Waals surface area contributed by atoms with Crippen molar-refractivity contribution in [2.45, 2.75) is 6.92 Å². The van der Waals surface area contributed by atoms with E-state index in [9.17, 15) is 0 Å². The van der Waals surface area contributed by atoms with Crippen LogP contribution in [0.25, 0.3) is 22.0 Å². The van der Waals surface area contributed by atoms with Crippen LogP contribution in [0.15, 0.2) is 54.7 Å². The third-order valence-corrected chi connectivity index (χ3v) is 3.40. The van der Waals surface area contributed by atoms with Gasteiger partial charge < -0.3 is 0 Å². The number of hydrogen-bond donors (Lipinski definition) is 0. The van der Waals surface area contributed by atoms with E-state index in [4.69, 9.17) is 0 Å². The molecule has 2 heteroatoms. The van der Waals surface area contributed by atoms with Crippen LogP contribution in [-0.2, 0) is 7.05 Å². The van der Waals surface area contributed by atoms with Crippen molar-refractivity contribution < 1.29 is 4.68 Å². The van der Waals surface area contributed by atoms with Gasteiger partial charge in [-0.25, -0.2) is 0 Å². The normalized spacial score (nSPS) is 10.8. The molecule has 0 aliphatic heterocycles. The van der Waals surface area contributed by atoms with E-state index in [1.807, 2.05) is 17.8 Å². The first kappa shape index (κ1) is 10.9. The van der Waals surface area contributed by atoms with E-state index in [0.29, 0.717) is 0 Å². The molecule has 18 heavy (non-hydrogen) atoms. The fraction of sp³-hybridized carbons (Fsp3) is 0.125. The molecule has 2 aromatic carbocycles. The van der Waals surface area contributed by atoms with E-state index in [1.54, 1.807) is 6.20 Å². The van der Waals surface area contributed by atoms with Crippen LogP contribution < -0.4 is 4.68 Å². The van der Waals surface area contributed by atoms with Crippen LogP contribution in [0, 0.1) is 6.92 Å². The molecule has 0 atom stereocenters. The molecule has 0 amide bonds. The smallest absolute Gasteiger partial charge is 0.0865 e. The van der Waals surface area contributed by atoms with Crippen LogP contribution >= 0.6 is 0 Å². The van der Waals surface area contributed by atoms with Crippen LogP contribution in [0.4, 0.5) is 0 Å². The topological polar surface area (TPSA) is 16.8 Å². The highest BCUT2D eigenvalue weighted by atomic mass is 15.2. The molecule has 0 N–H and O–H groups in total. The van der Waals surface area contributed by atoms with E-state index in [-0.39, 0.29) is 0 Å². The molecule has 0 saturated heterocycles. The summed E-state index contributed by atoms with van der Waals surface area (Å²) in [7, 11) is 1.98. The monoisotopic (exact) mass is 235 g/mol. The van der Waals surface area contributed by atoms with Crippen molar-refractivity contribution in [2.24, 2.45) is 7.05 Å². The van der Waals surface area contributed by atoms with Crippen molar-refractivity contribution in [3.05, 3.63) is 60.3 Å². The SMILES string of the molecule is Cc1c(-c2cccn[n+]2C)ccc2ccccc12. The Hall–Kier alpha value is -2.22. The first-order valence-electron chi connectivity index (χ1n) is 6.07. The van der Waals surface area contributed by atoms with Gasteiger partial charge >= 0.3 is 0 Å². The Kier molecular flexibility index (Phi) is 2.56. The lowest BCUT2D eigenvalue weighted by molar-refractivity contribution is -0.720. The van der Waals surface area contributed by atoms with Gasteiger partial charge in [0.1, 0.15) is 0 Å². The van der Waals surface area contributed by atoms with Gasteiger partial charge in [-0.05, 0) is 40.5 Å². The zero-order chi connectivity index (χ0) is 12.5. The second-order valence-electron chi connectivity index (χ2n) is 4.49. The molecule has 2 nitrogen and oxygen atoms in total. The second-order valence-corrected chi connectivity index (χ2v) is 4.49. The molecule has 0 saturated carbocycles. The summed E-state index contributed by atoms with van der Waals surface area (Å²) in [6, 6.07) is 16.9. The van der Waals surface area contributed by atoms with Gasteiger partial charge in [0.2, 0.25) is 5.69 Å². The second kappa shape index (κ2) is 4.22. The van der Waals surface area contributed by atoms with Crippen molar-refractivity contribution >= 4 is 10.8 Å². The molecular weight excluding hydrogens is 220 g/mol. The maximum absolute atomic E-state index is 4.29. The molecule has 1 aromatic heterocycles. The van der Waals surface area contributed by atoms with Crippen LogP contribution in [0.1, 0.15) is 5.56 Å².